The van der Waals surface area contributed by atoms with Gasteiger partial charge in [0.1, 0.15) is 0 Å². The van der Waals surface area contributed by atoms with Crippen molar-refractivity contribution in [1.82, 2.24) is 5.32 Å². The van der Waals surface area contributed by atoms with E-state index < -0.39 is 0 Å². The molecule has 1 atom stereocenters. The Bertz CT molecular complexity index is 455. The van der Waals surface area contributed by atoms with E-state index in [9.17, 15) is 4.79 Å². The number of hydrogen-bond acceptors (Lipinski definition) is 3. The lowest BCUT2D eigenvalue weighted by Gasteiger charge is -2.31. The van der Waals surface area contributed by atoms with Crippen LogP contribution in [0, 0.1) is 5.41 Å². The molecule has 0 fully saturated rings. The summed E-state index contributed by atoms with van der Waals surface area (Å²) in [5, 5.41) is 12.0. The van der Waals surface area contributed by atoms with Gasteiger partial charge in [0.05, 0.1) is 5.56 Å². The summed E-state index contributed by atoms with van der Waals surface area (Å²) in [5.74, 6) is -0.210. The maximum Gasteiger partial charge on any atom is 0.253 e. The first kappa shape index (κ1) is 16.0. The van der Waals surface area contributed by atoms with E-state index >= 15 is 0 Å². The maximum absolute atomic E-state index is 12.2. The predicted octanol–water partition coefficient (Wildman–Crippen LogP) is 2.56. The number of anilines is 1. The van der Waals surface area contributed by atoms with Crippen LogP contribution in [0.15, 0.2) is 22.7 Å². The molecule has 0 saturated carbocycles. The number of nitrogen functional groups attached to an aromatic ring is 1. The highest BCUT2D eigenvalue weighted by atomic mass is 79.9. The fourth-order valence-electron chi connectivity index (χ4n) is 1.83. The monoisotopic (exact) mass is 328 g/mol. The van der Waals surface area contributed by atoms with Crippen LogP contribution in [0.5, 0.6) is 0 Å². The number of carbonyl (C=O) groups is 1. The number of hydrogen-bond donors (Lipinski definition) is 3. The lowest BCUT2D eigenvalue weighted by Crippen LogP contribution is -2.44. The minimum atomic E-state index is -0.210. The third-order valence-corrected chi connectivity index (χ3v) is 3.52. The summed E-state index contributed by atoms with van der Waals surface area (Å²) in [5.41, 5.74) is 6.61. The van der Waals surface area contributed by atoms with Gasteiger partial charge >= 0.3 is 0 Å². The van der Waals surface area contributed by atoms with Crippen molar-refractivity contribution in [2.45, 2.75) is 33.2 Å². The molecule has 1 aromatic rings. The first-order valence-electron chi connectivity index (χ1n) is 6.22. The van der Waals surface area contributed by atoms with Crippen LogP contribution >= 0.6 is 15.9 Å². The molecule has 1 unspecified atom stereocenters. The van der Waals surface area contributed by atoms with Gasteiger partial charge in [0, 0.05) is 22.8 Å². The van der Waals surface area contributed by atoms with Crippen LogP contribution in [0.3, 0.4) is 0 Å². The summed E-state index contributed by atoms with van der Waals surface area (Å²) in [6, 6.07) is 5.07. The third kappa shape index (κ3) is 4.51. The number of carbonyl (C=O) groups excluding carboxylic acids is 1. The Morgan fingerprint density at radius 1 is 1.47 bits per heavy atom. The SMILES string of the molecule is CC(C)(C)C(CCO)NC(=O)c1ccc(Br)cc1N. The van der Waals surface area contributed by atoms with E-state index in [0.29, 0.717) is 17.7 Å². The van der Waals surface area contributed by atoms with E-state index in [0.717, 1.165) is 4.47 Å². The molecule has 1 aromatic carbocycles. The van der Waals surface area contributed by atoms with Crippen LogP contribution in [0.2, 0.25) is 0 Å². The van der Waals surface area contributed by atoms with E-state index in [2.05, 4.69) is 21.2 Å². The summed E-state index contributed by atoms with van der Waals surface area (Å²) < 4.78 is 0.837. The zero-order chi connectivity index (χ0) is 14.6. The predicted molar refractivity (Wildman–Crippen MR) is 81.0 cm³/mol. The number of rotatable bonds is 4. The molecule has 0 saturated heterocycles. The van der Waals surface area contributed by atoms with Crippen LogP contribution in [0.4, 0.5) is 5.69 Å². The Hall–Kier alpha value is -1.07. The van der Waals surface area contributed by atoms with Crippen molar-refractivity contribution in [3.63, 3.8) is 0 Å². The van der Waals surface area contributed by atoms with Crippen molar-refractivity contribution in [1.29, 1.82) is 0 Å². The standard InChI is InChI=1S/C14H21BrN2O2/c1-14(2,3)12(6-7-18)17-13(19)10-5-4-9(15)8-11(10)16/h4-5,8,12,18H,6-7,16H2,1-3H3,(H,17,19). The van der Waals surface area contributed by atoms with Crippen molar-refractivity contribution in [3.05, 3.63) is 28.2 Å². The second kappa shape index (κ2) is 6.39. The molecule has 4 N–H and O–H groups in total. The number of benzene rings is 1. The lowest BCUT2D eigenvalue weighted by atomic mass is 9.84. The average molecular weight is 329 g/mol. The molecule has 4 nitrogen and oxygen atoms in total. The zero-order valence-corrected chi connectivity index (χ0v) is 13.1. The summed E-state index contributed by atoms with van der Waals surface area (Å²) >= 11 is 3.31. The minimum Gasteiger partial charge on any atom is -0.398 e. The van der Waals surface area contributed by atoms with Crippen LogP contribution in [-0.4, -0.2) is 23.7 Å². The first-order chi connectivity index (χ1) is 8.75. The Morgan fingerprint density at radius 3 is 2.58 bits per heavy atom. The van der Waals surface area contributed by atoms with E-state index in [1.807, 2.05) is 20.8 Å². The Labute approximate surface area is 122 Å². The van der Waals surface area contributed by atoms with Crippen LogP contribution < -0.4 is 11.1 Å². The first-order valence-corrected chi connectivity index (χ1v) is 7.01. The molecule has 19 heavy (non-hydrogen) atoms. The van der Waals surface area contributed by atoms with Crippen molar-refractivity contribution in [3.8, 4) is 0 Å². The molecule has 0 aliphatic rings. The topological polar surface area (TPSA) is 75.3 Å². The van der Waals surface area contributed by atoms with E-state index in [1.165, 1.54) is 0 Å². The van der Waals surface area contributed by atoms with Gasteiger partial charge in [-0.05, 0) is 30.0 Å². The summed E-state index contributed by atoms with van der Waals surface area (Å²) in [4.78, 5) is 12.2. The molecule has 0 aliphatic heterocycles. The lowest BCUT2D eigenvalue weighted by molar-refractivity contribution is 0.0886. The quantitative estimate of drug-likeness (QED) is 0.743. The fraction of sp³-hybridized carbons (Fsp3) is 0.500. The normalized spacial score (nSPS) is 13.1. The summed E-state index contributed by atoms with van der Waals surface area (Å²) in [6.45, 7) is 6.12. The number of nitrogens with two attached hydrogens (primary N) is 1. The molecule has 1 amide bonds. The van der Waals surface area contributed by atoms with E-state index in [4.69, 9.17) is 10.8 Å². The molecule has 0 aliphatic carbocycles. The van der Waals surface area contributed by atoms with Gasteiger partial charge in [-0.1, -0.05) is 36.7 Å². The average Bonchev–Trinajstić information content (AvgIpc) is 2.26. The van der Waals surface area contributed by atoms with Gasteiger partial charge in [0.2, 0.25) is 0 Å². The van der Waals surface area contributed by atoms with E-state index in [-0.39, 0.29) is 24.0 Å². The van der Waals surface area contributed by atoms with Crippen molar-refractivity contribution >= 4 is 27.5 Å². The molecule has 106 valence electrons. The number of aliphatic hydroxyl groups excluding tert-OH is 1. The Balaban J connectivity index is 2.88. The van der Waals surface area contributed by atoms with Gasteiger partial charge in [-0.25, -0.2) is 0 Å². The molecule has 0 radical (unpaired) electrons. The number of aliphatic hydroxyl groups is 1. The second-order valence-electron chi connectivity index (χ2n) is 5.64. The second-order valence-corrected chi connectivity index (χ2v) is 6.55. The maximum atomic E-state index is 12.2. The minimum absolute atomic E-state index is 0.0397. The number of amides is 1. The van der Waals surface area contributed by atoms with Crippen LogP contribution in [0.25, 0.3) is 0 Å². The Kier molecular flexibility index (Phi) is 5.38. The molecule has 0 bridgehead atoms. The molecule has 5 heteroatoms. The van der Waals surface area contributed by atoms with Crippen LogP contribution in [-0.2, 0) is 0 Å². The number of nitrogens with one attached hydrogen (secondary N) is 1. The third-order valence-electron chi connectivity index (χ3n) is 3.03. The smallest absolute Gasteiger partial charge is 0.253 e. The molecular formula is C14H21BrN2O2. The van der Waals surface area contributed by atoms with Gasteiger partial charge in [0.15, 0.2) is 0 Å². The number of halogens is 1. The largest absolute Gasteiger partial charge is 0.398 e. The summed E-state index contributed by atoms with van der Waals surface area (Å²) in [6.07, 6.45) is 0.520. The van der Waals surface area contributed by atoms with Crippen molar-refractivity contribution < 1.29 is 9.90 Å². The van der Waals surface area contributed by atoms with Crippen LogP contribution in [0.1, 0.15) is 37.6 Å². The van der Waals surface area contributed by atoms with Crippen molar-refractivity contribution in [2.24, 2.45) is 5.41 Å². The van der Waals surface area contributed by atoms with Gasteiger partial charge in [-0.15, -0.1) is 0 Å². The molecular weight excluding hydrogens is 308 g/mol. The molecule has 1 rings (SSSR count). The van der Waals surface area contributed by atoms with Gasteiger partial charge < -0.3 is 16.2 Å². The van der Waals surface area contributed by atoms with Gasteiger partial charge in [-0.3, -0.25) is 4.79 Å². The van der Waals surface area contributed by atoms with E-state index in [1.54, 1.807) is 18.2 Å². The van der Waals surface area contributed by atoms with Gasteiger partial charge in [0.25, 0.3) is 5.91 Å². The highest BCUT2D eigenvalue weighted by Gasteiger charge is 2.26. The fourth-order valence-corrected chi connectivity index (χ4v) is 2.21. The molecule has 0 heterocycles. The Morgan fingerprint density at radius 2 is 2.11 bits per heavy atom. The summed E-state index contributed by atoms with van der Waals surface area (Å²) in [7, 11) is 0. The van der Waals surface area contributed by atoms with Gasteiger partial charge in [-0.2, -0.15) is 0 Å². The van der Waals surface area contributed by atoms with Crippen molar-refractivity contribution in [2.75, 3.05) is 12.3 Å². The molecule has 0 aromatic heterocycles. The highest BCUT2D eigenvalue weighted by molar-refractivity contribution is 9.10. The zero-order valence-electron chi connectivity index (χ0n) is 11.5. The highest BCUT2D eigenvalue weighted by Crippen LogP contribution is 2.23. The molecule has 0 spiro atoms.